The van der Waals surface area contributed by atoms with Gasteiger partial charge in [-0.25, -0.2) is 0 Å². The summed E-state index contributed by atoms with van der Waals surface area (Å²) < 4.78 is 1.63. The molecule has 0 fully saturated rings. The number of rotatable bonds is 1. The van der Waals surface area contributed by atoms with Crippen molar-refractivity contribution in [1.82, 2.24) is 9.78 Å². The zero-order chi connectivity index (χ0) is 8.43. The van der Waals surface area contributed by atoms with Crippen LogP contribution in [0.4, 0.5) is 5.82 Å². The fourth-order valence-corrected chi connectivity index (χ4v) is 0.886. The summed E-state index contributed by atoms with van der Waals surface area (Å²) in [7, 11) is 5.53. The van der Waals surface area contributed by atoms with Crippen molar-refractivity contribution in [2.24, 2.45) is 7.05 Å². The van der Waals surface area contributed by atoms with Crippen LogP contribution in [0.2, 0.25) is 0 Å². The molecule has 0 radical (unpaired) electrons. The maximum Gasteiger partial charge on any atom is 0.168 e. The molecular weight excluding hydrogens is 140 g/mol. The van der Waals surface area contributed by atoms with Crippen LogP contribution in [-0.4, -0.2) is 23.9 Å². The van der Waals surface area contributed by atoms with E-state index in [1.165, 1.54) is 0 Å². The number of hydrogen-bond donors (Lipinski definition) is 0. The van der Waals surface area contributed by atoms with Gasteiger partial charge < -0.3 is 4.90 Å². The number of nitriles is 1. The third kappa shape index (κ3) is 1.32. The summed E-state index contributed by atoms with van der Waals surface area (Å²) in [5.74, 6) is 0.718. The van der Waals surface area contributed by atoms with Gasteiger partial charge in [-0.2, -0.15) is 10.4 Å². The molecule has 0 atom stereocenters. The summed E-state index contributed by atoms with van der Waals surface area (Å²) in [5.41, 5.74) is 0.609. The largest absolute Gasteiger partial charge is 0.360 e. The van der Waals surface area contributed by atoms with Crippen molar-refractivity contribution >= 4 is 5.82 Å². The molecule has 1 aromatic heterocycles. The lowest BCUT2D eigenvalue weighted by Gasteiger charge is -2.06. The van der Waals surface area contributed by atoms with Crippen molar-refractivity contribution in [3.63, 3.8) is 0 Å². The van der Waals surface area contributed by atoms with Gasteiger partial charge in [-0.15, -0.1) is 0 Å². The van der Waals surface area contributed by atoms with Gasteiger partial charge in [0.15, 0.2) is 5.82 Å². The predicted octanol–water partition coefficient (Wildman–Crippen LogP) is 0.358. The molecule has 0 N–H and O–H groups in total. The van der Waals surface area contributed by atoms with Gasteiger partial charge in [0.05, 0.1) is 0 Å². The second-order valence-corrected chi connectivity index (χ2v) is 2.55. The molecular formula is C7H10N4. The molecule has 1 heterocycles. The van der Waals surface area contributed by atoms with Crippen LogP contribution in [0.1, 0.15) is 5.56 Å². The van der Waals surface area contributed by atoms with Gasteiger partial charge in [-0.05, 0) is 0 Å². The summed E-state index contributed by atoms with van der Waals surface area (Å²) in [4.78, 5) is 1.82. The van der Waals surface area contributed by atoms with Crippen molar-refractivity contribution in [2.45, 2.75) is 0 Å². The van der Waals surface area contributed by atoms with E-state index in [0.717, 1.165) is 5.82 Å². The fraction of sp³-hybridized carbons (Fsp3) is 0.429. The van der Waals surface area contributed by atoms with E-state index in [-0.39, 0.29) is 0 Å². The van der Waals surface area contributed by atoms with Gasteiger partial charge in [0.25, 0.3) is 0 Å². The Kier molecular flexibility index (Phi) is 1.81. The van der Waals surface area contributed by atoms with Gasteiger partial charge in [0.2, 0.25) is 0 Å². The summed E-state index contributed by atoms with van der Waals surface area (Å²) in [6.45, 7) is 0. The van der Waals surface area contributed by atoms with Crippen LogP contribution in [0.15, 0.2) is 6.20 Å². The molecule has 4 nitrogen and oxygen atoms in total. The molecule has 0 bridgehead atoms. The van der Waals surface area contributed by atoms with Crippen molar-refractivity contribution in [2.75, 3.05) is 19.0 Å². The maximum absolute atomic E-state index is 8.65. The molecule has 0 spiro atoms. The van der Waals surface area contributed by atoms with Crippen LogP contribution in [0.5, 0.6) is 0 Å². The third-order valence-electron chi connectivity index (χ3n) is 1.35. The first kappa shape index (κ1) is 7.61. The smallest absolute Gasteiger partial charge is 0.168 e. The van der Waals surface area contributed by atoms with E-state index < -0.39 is 0 Å². The molecule has 0 aromatic carbocycles. The highest BCUT2D eigenvalue weighted by Crippen LogP contribution is 2.12. The molecule has 1 aromatic rings. The first-order valence-electron chi connectivity index (χ1n) is 3.26. The first-order valence-corrected chi connectivity index (χ1v) is 3.26. The Hall–Kier alpha value is -1.50. The summed E-state index contributed by atoms with van der Waals surface area (Å²) in [6.07, 6.45) is 1.70. The van der Waals surface area contributed by atoms with Crippen molar-refractivity contribution < 1.29 is 0 Å². The Balaban J connectivity index is 3.15. The van der Waals surface area contributed by atoms with Gasteiger partial charge >= 0.3 is 0 Å². The van der Waals surface area contributed by atoms with E-state index in [9.17, 15) is 0 Å². The van der Waals surface area contributed by atoms with Crippen molar-refractivity contribution in [3.05, 3.63) is 11.8 Å². The van der Waals surface area contributed by atoms with Gasteiger partial charge in [0.1, 0.15) is 11.6 Å². The van der Waals surface area contributed by atoms with Crippen LogP contribution in [0.25, 0.3) is 0 Å². The van der Waals surface area contributed by atoms with E-state index in [0.29, 0.717) is 5.56 Å². The molecule has 1 rings (SSSR count). The minimum Gasteiger partial charge on any atom is -0.360 e. The summed E-state index contributed by atoms with van der Waals surface area (Å²) in [5, 5.41) is 12.8. The SMILES string of the molecule is CN(C)c1nn(C)cc1C#N. The third-order valence-corrected chi connectivity index (χ3v) is 1.35. The Bertz CT molecular complexity index is 292. The molecule has 58 valence electrons. The number of aromatic nitrogens is 2. The topological polar surface area (TPSA) is 44.9 Å². The lowest BCUT2D eigenvalue weighted by atomic mass is 10.3. The molecule has 0 aliphatic carbocycles. The molecule has 4 heteroatoms. The van der Waals surface area contributed by atoms with Crippen LogP contribution in [0, 0.1) is 11.3 Å². The van der Waals surface area contributed by atoms with Crippen LogP contribution in [0.3, 0.4) is 0 Å². The van der Waals surface area contributed by atoms with Crippen LogP contribution >= 0.6 is 0 Å². The van der Waals surface area contributed by atoms with E-state index in [4.69, 9.17) is 5.26 Å². The molecule has 0 aliphatic rings. The Morgan fingerprint density at radius 1 is 1.64 bits per heavy atom. The van der Waals surface area contributed by atoms with Crippen molar-refractivity contribution in [3.8, 4) is 6.07 Å². The predicted molar refractivity (Wildman–Crippen MR) is 42.3 cm³/mol. The van der Waals surface area contributed by atoms with E-state index >= 15 is 0 Å². The summed E-state index contributed by atoms with van der Waals surface area (Å²) >= 11 is 0. The van der Waals surface area contributed by atoms with Crippen molar-refractivity contribution in [1.29, 1.82) is 5.26 Å². The Labute approximate surface area is 65.7 Å². The maximum atomic E-state index is 8.65. The second-order valence-electron chi connectivity index (χ2n) is 2.55. The quantitative estimate of drug-likeness (QED) is 0.580. The van der Waals surface area contributed by atoms with E-state index in [2.05, 4.69) is 11.2 Å². The average molecular weight is 150 g/mol. The number of aryl methyl sites for hydroxylation is 1. The molecule has 0 aliphatic heterocycles. The number of hydrogen-bond acceptors (Lipinski definition) is 3. The average Bonchev–Trinajstić information content (AvgIpc) is 2.30. The summed E-state index contributed by atoms with van der Waals surface area (Å²) in [6, 6.07) is 2.07. The minimum absolute atomic E-state index is 0.609. The minimum atomic E-state index is 0.609. The van der Waals surface area contributed by atoms with E-state index in [1.54, 1.807) is 17.9 Å². The Morgan fingerprint density at radius 3 is 2.64 bits per heavy atom. The fourth-order valence-electron chi connectivity index (χ4n) is 0.886. The number of anilines is 1. The van der Waals surface area contributed by atoms with Crippen LogP contribution in [-0.2, 0) is 7.05 Å². The van der Waals surface area contributed by atoms with Crippen LogP contribution < -0.4 is 4.90 Å². The lowest BCUT2D eigenvalue weighted by Crippen LogP contribution is -2.10. The zero-order valence-corrected chi connectivity index (χ0v) is 6.87. The lowest BCUT2D eigenvalue weighted by molar-refractivity contribution is 0.762. The number of nitrogens with zero attached hydrogens (tertiary/aromatic N) is 4. The first-order chi connectivity index (χ1) is 5.15. The molecule has 0 unspecified atom stereocenters. The standard InChI is InChI=1S/C7H10N4/c1-10(2)7-6(4-8)5-11(3)9-7/h5H,1-3H3. The van der Waals surface area contributed by atoms with E-state index in [1.807, 2.05) is 19.0 Å². The van der Waals surface area contributed by atoms with Gasteiger partial charge in [-0.1, -0.05) is 0 Å². The molecule has 0 amide bonds. The highest BCUT2D eigenvalue weighted by atomic mass is 15.3. The Morgan fingerprint density at radius 2 is 2.27 bits per heavy atom. The van der Waals surface area contributed by atoms with Gasteiger partial charge in [0, 0.05) is 27.3 Å². The molecule has 0 saturated carbocycles. The monoisotopic (exact) mass is 150 g/mol. The highest BCUT2D eigenvalue weighted by molar-refractivity contribution is 5.51. The van der Waals surface area contributed by atoms with Gasteiger partial charge in [-0.3, -0.25) is 4.68 Å². The molecule has 11 heavy (non-hydrogen) atoms. The zero-order valence-electron chi connectivity index (χ0n) is 6.87. The highest BCUT2D eigenvalue weighted by Gasteiger charge is 2.07. The normalized spacial score (nSPS) is 9.27. The molecule has 0 saturated heterocycles. The second kappa shape index (κ2) is 2.62.